The van der Waals surface area contributed by atoms with E-state index in [-0.39, 0.29) is 0 Å². The molecule has 0 aliphatic heterocycles. The number of nitrogens with zero attached hydrogens (tertiary/aromatic N) is 4. The molecule has 0 spiro atoms. The number of aromatic nitrogens is 4. The minimum Gasteiger partial charge on any atom is -0.387 e. The number of aliphatic hydroxyl groups excluding tert-OH is 1. The van der Waals surface area contributed by atoms with Crippen LogP contribution in [0.1, 0.15) is 23.0 Å². The predicted octanol–water partition coefficient (Wildman–Crippen LogP) is 0.938. The van der Waals surface area contributed by atoms with Crippen molar-refractivity contribution in [3.05, 3.63) is 29.0 Å². The van der Waals surface area contributed by atoms with Gasteiger partial charge in [-0.25, -0.2) is 0 Å². The molecule has 15 heavy (non-hydrogen) atoms. The molecule has 1 unspecified atom stereocenters. The Kier molecular flexibility index (Phi) is 3.08. The summed E-state index contributed by atoms with van der Waals surface area (Å²) in [6.45, 7) is 0. The van der Waals surface area contributed by atoms with Crippen molar-refractivity contribution in [2.24, 2.45) is 7.05 Å². The van der Waals surface area contributed by atoms with Crippen molar-refractivity contribution >= 4 is 11.5 Å². The molecule has 2 aromatic rings. The van der Waals surface area contributed by atoms with Gasteiger partial charge in [0, 0.05) is 13.2 Å². The zero-order valence-electron chi connectivity index (χ0n) is 8.37. The summed E-state index contributed by atoms with van der Waals surface area (Å²) in [4.78, 5) is 0.818. The van der Waals surface area contributed by atoms with Crippen molar-refractivity contribution in [1.29, 1.82) is 0 Å². The van der Waals surface area contributed by atoms with Gasteiger partial charge in [-0.15, -0.1) is 5.10 Å². The zero-order chi connectivity index (χ0) is 10.7. The van der Waals surface area contributed by atoms with Crippen LogP contribution >= 0.6 is 11.5 Å². The third-order valence-corrected chi connectivity index (χ3v) is 2.94. The Balaban J connectivity index is 1.88. The van der Waals surface area contributed by atoms with Crippen molar-refractivity contribution in [2.45, 2.75) is 18.9 Å². The lowest BCUT2D eigenvalue weighted by molar-refractivity contribution is 0.171. The number of hydrogen-bond donors (Lipinski definition) is 1. The Morgan fingerprint density at radius 2 is 2.40 bits per heavy atom. The van der Waals surface area contributed by atoms with E-state index in [0.29, 0.717) is 6.42 Å². The lowest BCUT2D eigenvalue weighted by Crippen LogP contribution is -1.96. The molecule has 0 bridgehead atoms. The number of aliphatic hydroxyl groups is 1. The van der Waals surface area contributed by atoms with Gasteiger partial charge in [0.1, 0.15) is 0 Å². The monoisotopic (exact) mass is 224 g/mol. The average Bonchev–Trinajstić information content (AvgIpc) is 2.84. The summed E-state index contributed by atoms with van der Waals surface area (Å²) < 4.78 is 5.48. The Hall–Kier alpha value is -1.27. The summed E-state index contributed by atoms with van der Waals surface area (Å²) in [5.74, 6) is 0. The van der Waals surface area contributed by atoms with Gasteiger partial charge in [-0.05, 0) is 29.9 Å². The number of aryl methyl sites for hydroxylation is 2. The molecule has 2 aromatic heterocycles. The quantitative estimate of drug-likeness (QED) is 0.839. The van der Waals surface area contributed by atoms with E-state index >= 15 is 0 Å². The van der Waals surface area contributed by atoms with Crippen LogP contribution in [-0.2, 0) is 13.5 Å². The van der Waals surface area contributed by atoms with Crippen LogP contribution < -0.4 is 0 Å². The molecule has 0 radical (unpaired) electrons. The van der Waals surface area contributed by atoms with E-state index in [2.05, 4.69) is 14.7 Å². The van der Waals surface area contributed by atoms with Crippen LogP contribution in [0.2, 0.25) is 0 Å². The lowest BCUT2D eigenvalue weighted by atomic mass is 10.1. The lowest BCUT2D eigenvalue weighted by Gasteiger charge is -2.04. The average molecular weight is 224 g/mol. The van der Waals surface area contributed by atoms with Gasteiger partial charge in [0.25, 0.3) is 0 Å². The summed E-state index contributed by atoms with van der Waals surface area (Å²) in [5.41, 5.74) is 1.13. The summed E-state index contributed by atoms with van der Waals surface area (Å²) >= 11 is 1.24. The first-order valence-corrected chi connectivity index (χ1v) is 5.46. The van der Waals surface area contributed by atoms with Crippen LogP contribution in [0.5, 0.6) is 0 Å². The SMILES string of the molecule is Cn1cc(CCC(O)c2cnns2)cn1. The maximum absolute atomic E-state index is 9.78. The van der Waals surface area contributed by atoms with E-state index in [9.17, 15) is 5.11 Å². The van der Waals surface area contributed by atoms with Crippen LogP contribution in [-0.4, -0.2) is 24.5 Å². The molecular formula is C9H12N4OS. The highest BCUT2D eigenvalue weighted by atomic mass is 32.1. The Morgan fingerprint density at radius 3 is 3.00 bits per heavy atom. The maximum atomic E-state index is 9.78. The van der Waals surface area contributed by atoms with Crippen molar-refractivity contribution < 1.29 is 5.11 Å². The molecule has 0 saturated heterocycles. The van der Waals surface area contributed by atoms with Crippen LogP contribution in [0.25, 0.3) is 0 Å². The summed E-state index contributed by atoms with van der Waals surface area (Å²) in [6, 6.07) is 0. The first-order valence-electron chi connectivity index (χ1n) is 4.68. The van der Waals surface area contributed by atoms with Gasteiger partial charge in [-0.1, -0.05) is 4.49 Å². The van der Waals surface area contributed by atoms with Gasteiger partial charge in [0.15, 0.2) is 0 Å². The van der Waals surface area contributed by atoms with E-state index in [1.807, 2.05) is 19.4 Å². The minimum atomic E-state index is -0.467. The van der Waals surface area contributed by atoms with Gasteiger partial charge >= 0.3 is 0 Å². The van der Waals surface area contributed by atoms with Gasteiger partial charge in [-0.2, -0.15) is 5.10 Å². The van der Waals surface area contributed by atoms with E-state index < -0.39 is 6.10 Å². The fraction of sp³-hybridized carbons (Fsp3) is 0.444. The van der Waals surface area contributed by atoms with Gasteiger partial charge in [0.2, 0.25) is 0 Å². The molecule has 6 heteroatoms. The molecule has 80 valence electrons. The first-order chi connectivity index (χ1) is 7.25. The predicted molar refractivity (Wildman–Crippen MR) is 56.4 cm³/mol. The van der Waals surface area contributed by atoms with E-state index in [4.69, 9.17) is 0 Å². The van der Waals surface area contributed by atoms with Crippen LogP contribution in [0, 0.1) is 0 Å². The Labute approximate surface area is 91.5 Å². The molecule has 0 aromatic carbocycles. The van der Waals surface area contributed by atoms with Crippen LogP contribution in [0.3, 0.4) is 0 Å². The highest BCUT2D eigenvalue weighted by Crippen LogP contribution is 2.20. The minimum absolute atomic E-state index is 0.467. The van der Waals surface area contributed by atoms with E-state index in [0.717, 1.165) is 16.9 Å². The molecule has 0 fully saturated rings. The summed E-state index contributed by atoms with van der Waals surface area (Å²) in [7, 11) is 1.88. The smallest absolute Gasteiger partial charge is 0.0917 e. The Bertz CT molecular complexity index is 411. The van der Waals surface area contributed by atoms with E-state index in [1.54, 1.807) is 10.9 Å². The highest BCUT2D eigenvalue weighted by molar-refractivity contribution is 7.05. The fourth-order valence-corrected chi connectivity index (χ4v) is 1.89. The summed E-state index contributed by atoms with van der Waals surface area (Å²) in [6.07, 6.45) is 6.40. The fourth-order valence-electron chi connectivity index (χ4n) is 1.37. The molecule has 0 aliphatic carbocycles. The highest BCUT2D eigenvalue weighted by Gasteiger charge is 2.10. The van der Waals surface area contributed by atoms with Crippen molar-refractivity contribution in [3.63, 3.8) is 0 Å². The maximum Gasteiger partial charge on any atom is 0.0917 e. The molecule has 1 N–H and O–H groups in total. The van der Waals surface area contributed by atoms with Crippen LogP contribution in [0.4, 0.5) is 0 Å². The summed E-state index contributed by atoms with van der Waals surface area (Å²) in [5, 5.41) is 17.5. The molecule has 0 aliphatic rings. The number of hydrogen-bond acceptors (Lipinski definition) is 5. The Morgan fingerprint density at radius 1 is 1.53 bits per heavy atom. The molecule has 1 atom stereocenters. The van der Waals surface area contributed by atoms with Crippen LogP contribution in [0.15, 0.2) is 18.6 Å². The second-order valence-electron chi connectivity index (χ2n) is 3.40. The molecular weight excluding hydrogens is 212 g/mol. The van der Waals surface area contributed by atoms with Gasteiger partial charge in [0.05, 0.1) is 23.4 Å². The standard InChI is InChI=1S/C9H12N4OS/c1-13-6-7(4-11-13)2-3-8(14)9-5-10-12-15-9/h4-6,8,14H,2-3H2,1H3. The van der Waals surface area contributed by atoms with Gasteiger partial charge in [-0.3, -0.25) is 4.68 Å². The third kappa shape index (κ3) is 2.60. The topological polar surface area (TPSA) is 63.8 Å². The van der Waals surface area contributed by atoms with Crippen molar-refractivity contribution in [1.82, 2.24) is 19.4 Å². The molecule has 0 saturated carbocycles. The number of rotatable bonds is 4. The normalized spacial score (nSPS) is 12.9. The first kappa shape index (κ1) is 10.3. The van der Waals surface area contributed by atoms with E-state index in [1.165, 1.54) is 11.5 Å². The molecule has 0 amide bonds. The van der Waals surface area contributed by atoms with Gasteiger partial charge < -0.3 is 5.11 Å². The second kappa shape index (κ2) is 4.50. The molecule has 2 rings (SSSR count). The zero-order valence-corrected chi connectivity index (χ0v) is 9.18. The largest absolute Gasteiger partial charge is 0.387 e. The third-order valence-electron chi connectivity index (χ3n) is 2.17. The van der Waals surface area contributed by atoms with Crippen molar-refractivity contribution in [2.75, 3.05) is 0 Å². The molecule has 5 nitrogen and oxygen atoms in total. The molecule has 2 heterocycles. The van der Waals surface area contributed by atoms with Crippen molar-refractivity contribution in [3.8, 4) is 0 Å². The second-order valence-corrected chi connectivity index (χ2v) is 4.21.